The Kier molecular flexibility index (Phi) is 5.92. The number of hydrogen-bond acceptors (Lipinski definition) is 5. The molecule has 0 bridgehead atoms. The molecule has 0 fully saturated rings. The lowest BCUT2D eigenvalue weighted by molar-refractivity contribution is 0.0601. The van der Waals surface area contributed by atoms with Crippen LogP contribution in [0.3, 0.4) is 0 Å². The predicted octanol–water partition coefficient (Wildman–Crippen LogP) is 2.64. The third-order valence-electron chi connectivity index (χ3n) is 3.12. The summed E-state index contributed by atoms with van der Waals surface area (Å²) in [6, 6.07) is 12.3. The number of ether oxygens (including phenoxy) is 2. The van der Waals surface area contributed by atoms with Gasteiger partial charge in [-0.25, -0.2) is 19.5 Å². The Bertz CT molecular complexity index is 753. The molecule has 1 aromatic carbocycles. The van der Waals surface area contributed by atoms with Gasteiger partial charge in [-0.1, -0.05) is 36.3 Å². The summed E-state index contributed by atoms with van der Waals surface area (Å²) in [4.78, 5) is 29.4. The molecule has 2 aromatic rings. The molecule has 1 heterocycles. The van der Waals surface area contributed by atoms with Crippen molar-refractivity contribution in [2.75, 3.05) is 18.6 Å². The van der Waals surface area contributed by atoms with E-state index in [-0.39, 0.29) is 24.5 Å². The lowest BCUT2D eigenvalue weighted by Gasteiger charge is -2.20. The molecule has 6 nitrogen and oxygen atoms in total. The summed E-state index contributed by atoms with van der Waals surface area (Å²) in [5, 5.41) is 0. The van der Waals surface area contributed by atoms with Crippen LogP contribution in [0.15, 0.2) is 48.7 Å². The van der Waals surface area contributed by atoms with Crippen LogP contribution in [0, 0.1) is 12.3 Å². The Morgan fingerprint density at radius 1 is 1.21 bits per heavy atom. The number of benzene rings is 1. The van der Waals surface area contributed by atoms with Gasteiger partial charge < -0.3 is 9.47 Å². The number of methoxy groups -OCH3 is 1. The molecule has 1 aromatic heterocycles. The number of carbonyl (C=O) groups excluding carboxylic acids is 2. The summed E-state index contributed by atoms with van der Waals surface area (Å²) in [6.07, 6.45) is 6.09. The molecule has 24 heavy (non-hydrogen) atoms. The number of amides is 1. The van der Waals surface area contributed by atoms with E-state index in [9.17, 15) is 9.59 Å². The molecule has 0 atom stereocenters. The molecule has 0 aliphatic rings. The minimum atomic E-state index is -0.694. The average Bonchev–Trinajstić information content (AvgIpc) is 2.64. The van der Waals surface area contributed by atoms with Crippen molar-refractivity contribution in [2.24, 2.45) is 0 Å². The van der Waals surface area contributed by atoms with Crippen LogP contribution >= 0.6 is 0 Å². The Morgan fingerprint density at radius 2 is 1.96 bits per heavy atom. The van der Waals surface area contributed by atoms with Gasteiger partial charge in [-0.15, -0.1) is 6.42 Å². The Balaban J connectivity index is 2.21. The third-order valence-corrected chi connectivity index (χ3v) is 3.12. The minimum Gasteiger partial charge on any atom is -0.465 e. The highest BCUT2D eigenvalue weighted by molar-refractivity contribution is 5.99. The van der Waals surface area contributed by atoms with Crippen molar-refractivity contribution < 1.29 is 19.1 Å². The van der Waals surface area contributed by atoms with Gasteiger partial charge in [0.2, 0.25) is 0 Å². The van der Waals surface area contributed by atoms with Gasteiger partial charge in [-0.3, -0.25) is 0 Å². The standard InChI is InChI=1S/C18H16N2O4/c1-3-12-20(16-15(17(21)23-2)10-7-11-19-16)18(22)24-13-14-8-5-4-6-9-14/h1,4-11H,12-13H2,2H3. The van der Waals surface area contributed by atoms with Crippen LogP contribution in [0.5, 0.6) is 0 Å². The molecule has 0 saturated carbocycles. The van der Waals surface area contributed by atoms with Gasteiger partial charge in [0.1, 0.15) is 12.2 Å². The SMILES string of the molecule is C#CCN(C(=O)OCc1ccccc1)c1ncccc1C(=O)OC. The van der Waals surface area contributed by atoms with E-state index in [1.807, 2.05) is 30.3 Å². The van der Waals surface area contributed by atoms with Crippen molar-refractivity contribution >= 4 is 17.9 Å². The molecule has 0 unspecified atom stereocenters. The van der Waals surface area contributed by atoms with Crippen LogP contribution in [0.4, 0.5) is 10.6 Å². The Morgan fingerprint density at radius 3 is 2.62 bits per heavy atom. The molecular formula is C18H16N2O4. The maximum Gasteiger partial charge on any atom is 0.416 e. The van der Waals surface area contributed by atoms with Crippen molar-refractivity contribution in [3.63, 3.8) is 0 Å². The van der Waals surface area contributed by atoms with E-state index in [0.29, 0.717) is 0 Å². The fourth-order valence-electron chi connectivity index (χ4n) is 2.00. The molecule has 1 amide bonds. The number of nitrogens with zero attached hydrogens (tertiary/aromatic N) is 2. The molecule has 0 radical (unpaired) electrons. The van der Waals surface area contributed by atoms with Crippen molar-refractivity contribution in [3.8, 4) is 12.3 Å². The van der Waals surface area contributed by atoms with Crippen LogP contribution in [-0.2, 0) is 16.1 Å². The van der Waals surface area contributed by atoms with Gasteiger partial charge in [0.15, 0.2) is 5.82 Å². The highest BCUT2D eigenvalue weighted by Gasteiger charge is 2.24. The van der Waals surface area contributed by atoms with Gasteiger partial charge in [0.05, 0.1) is 13.7 Å². The normalized spacial score (nSPS) is 9.67. The van der Waals surface area contributed by atoms with Crippen LogP contribution in [0.25, 0.3) is 0 Å². The number of esters is 1. The summed E-state index contributed by atoms with van der Waals surface area (Å²) in [5.74, 6) is 1.85. The van der Waals surface area contributed by atoms with E-state index >= 15 is 0 Å². The third kappa shape index (κ3) is 4.11. The van der Waals surface area contributed by atoms with Gasteiger partial charge in [-0.05, 0) is 17.7 Å². The summed E-state index contributed by atoms with van der Waals surface area (Å²) >= 11 is 0. The van der Waals surface area contributed by atoms with Gasteiger partial charge in [0, 0.05) is 6.20 Å². The second-order valence-corrected chi connectivity index (χ2v) is 4.70. The van der Waals surface area contributed by atoms with E-state index < -0.39 is 12.1 Å². The number of pyridine rings is 1. The zero-order valence-electron chi connectivity index (χ0n) is 13.1. The molecule has 0 N–H and O–H groups in total. The lowest BCUT2D eigenvalue weighted by atomic mass is 10.2. The minimum absolute atomic E-state index is 0.0845. The van der Waals surface area contributed by atoms with Crippen molar-refractivity contribution in [3.05, 3.63) is 59.8 Å². The van der Waals surface area contributed by atoms with Crippen LogP contribution in [-0.4, -0.2) is 30.7 Å². The molecule has 0 saturated heterocycles. The monoisotopic (exact) mass is 324 g/mol. The first-order valence-electron chi connectivity index (χ1n) is 7.12. The number of anilines is 1. The van der Waals surface area contributed by atoms with Crippen molar-refractivity contribution in [2.45, 2.75) is 6.61 Å². The average molecular weight is 324 g/mol. The first-order valence-corrected chi connectivity index (χ1v) is 7.12. The number of carbonyl (C=O) groups is 2. The smallest absolute Gasteiger partial charge is 0.416 e. The van der Waals surface area contributed by atoms with E-state index in [2.05, 4.69) is 10.9 Å². The van der Waals surface area contributed by atoms with Crippen LogP contribution in [0.2, 0.25) is 0 Å². The van der Waals surface area contributed by atoms with E-state index in [4.69, 9.17) is 15.9 Å². The summed E-state index contributed by atoms with van der Waals surface area (Å²) in [7, 11) is 1.25. The number of rotatable bonds is 5. The highest BCUT2D eigenvalue weighted by Crippen LogP contribution is 2.19. The second kappa shape index (κ2) is 8.34. The maximum atomic E-state index is 12.4. The van der Waals surface area contributed by atoms with Gasteiger partial charge in [0.25, 0.3) is 0 Å². The molecule has 2 rings (SSSR count). The Hall–Kier alpha value is -3.33. The van der Waals surface area contributed by atoms with E-state index in [1.165, 1.54) is 19.4 Å². The maximum absolute atomic E-state index is 12.4. The Labute approximate surface area is 140 Å². The molecule has 0 aliphatic heterocycles. The van der Waals surface area contributed by atoms with E-state index in [0.717, 1.165) is 10.5 Å². The zero-order valence-corrected chi connectivity index (χ0v) is 13.1. The zero-order chi connectivity index (χ0) is 17.4. The number of hydrogen-bond donors (Lipinski definition) is 0. The topological polar surface area (TPSA) is 68.7 Å². The van der Waals surface area contributed by atoms with Gasteiger partial charge >= 0.3 is 12.1 Å². The highest BCUT2D eigenvalue weighted by atomic mass is 16.6. The number of terminal acetylenes is 1. The quantitative estimate of drug-likeness (QED) is 0.625. The van der Waals surface area contributed by atoms with E-state index in [1.54, 1.807) is 6.07 Å². The fraction of sp³-hybridized carbons (Fsp3) is 0.167. The molecule has 6 heteroatoms. The first kappa shape index (κ1) is 17.0. The van der Waals surface area contributed by atoms with Crippen LogP contribution in [0.1, 0.15) is 15.9 Å². The predicted molar refractivity (Wildman–Crippen MR) is 88.4 cm³/mol. The summed E-state index contributed by atoms with van der Waals surface area (Å²) in [5.41, 5.74) is 0.965. The molecule has 0 aliphatic carbocycles. The fourth-order valence-corrected chi connectivity index (χ4v) is 2.00. The second-order valence-electron chi connectivity index (χ2n) is 4.70. The molecule has 0 spiro atoms. The largest absolute Gasteiger partial charge is 0.465 e. The van der Waals surface area contributed by atoms with Crippen molar-refractivity contribution in [1.29, 1.82) is 0 Å². The first-order chi connectivity index (χ1) is 11.7. The molecular weight excluding hydrogens is 308 g/mol. The van der Waals surface area contributed by atoms with Crippen LogP contribution < -0.4 is 4.90 Å². The van der Waals surface area contributed by atoms with Gasteiger partial charge in [-0.2, -0.15) is 0 Å². The summed E-state index contributed by atoms with van der Waals surface area (Å²) < 4.78 is 9.97. The van der Waals surface area contributed by atoms with Crippen molar-refractivity contribution in [1.82, 2.24) is 4.98 Å². The summed E-state index contributed by atoms with van der Waals surface area (Å²) in [6.45, 7) is -0.00420. The lowest BCUT2D eigenvalue weighted by Crippen LogP contribution is -2.34. The molecule has 122 valence electrons. The number of aromatic nitrogens is 1.